The third-order valence-electron chi connectivity index (χ3n) is 6.79. The fraction of sp³-hybridized carbons (Fsp3) is 0.520. The highest BCUT2D eigenvalue weighted by atomic mass is 32.2. The Balaban J connectivity index is 1.40. The molecule has 3 saturated heterocycles. The van der Waals surface area contributed by atoms with Crippen LogP contribution in [-0.2, 0) is 9.59 Å². The Hall–Kier alpha value is -2.65. The van der Waals surface area contributed by atoms with Crippen LogP contribution in [0.3, 0.4) is 0 Å². The lowest BCUT2D eigenvalue weighted by Crippen LogP contribution is -2.56. The molecule has 8 nitrogen and oxygen atoms in total. The van der Waals surface area contributed by atoms with Gasteiger partial charge in [0, 0.05) is 56.1 Å². The number of carboxylic acids is 1. The third kappa shape index (κ3) is 5.88. The summed E-state index contributed by atoms with van der Waals surface area (Å²) >= 11 is 1.13. The van der Waals surface area contributed by atoms with Crippen LogP contribution in [0, 0.1) is 12.8 Å². The van der Waals surface area contributed by atoms with Gasteiger partial charge in [-0.2, -0.15) is 0 Å². The van der Waals surface area contributed by atoms with Crippen molar-refractivity contribution in [2.24, 2.45) is 5.92 Å². The van der Waals surface area contributed by atoms with Crippen LogP contribution in [0.4, 0.5) is 5.69 Å². The van der Waals surface area contributed by atoms with Crippen LogP contribution in [0.2, 0.25) is 0 Å². The van der Waals surface area contributed by atoms with E-state index in [2.05, 4.69) is 45.4 Å². The Kier molecular flexibility index (Phi) is 7.73. The third-order valence-corrected chi connectivity index (χ3v) is 7.71. The standard InChI is InChI=1S/C25H33N5O3S/c1-16-27-22(17-4-6-19(7-5-17)29(2)3)11-23(28-16)21-13-30-9-8-18(21)10-20(30)12-26-24(31)14-34-15-25(32)33/h4-7,11,18,20-21H,8-10,12-15H2,1-3H3,(H,26,31)(H,32,33). The topological polar surface area (TPSA) is 98.7 Å². The molecule has 3 aliphatic heterocycles. The number of fused-ring (bicyclic) bond motifs is 3. The van der Waals surface area contributed by atoms with Crippen molar-refractivity contribution in [2.75, 3.05) is 50.1 Å². The Bertz CT molecular complexity index is 1030. The number of hydrogen-bond donors (Lipinski definition) is 2. The van der Waals surface area contributed by atoms with E-state index in [1.165, 1.54) is 0 Å². The van der Waals surface area contributed by atoms with Gasteiger partial charge in [0.15, 0.2) is 0 Å². The quantitative estimate of drug-likeness (QED) is 0.562. The zero-order valence-corrected chi connectivity index (χ0v) is 20.8. The molecule has 1 amide bonds. The number of thioether (sulfide) groups is 1. The molecule has 4 atom stereocenters. The van der Waals surface area contributed by atoms with Crippen molar-refractivity contribution in [3.05, 3.63) is 41.9 Å². The van der Waals surface area contributed by atoms with Gasteiger partial charge in [-0.25, -0.2) is 9.97 Å². The molecule has 1 aromatic carbocycles. The van der Waals surface area contributed by atoms with Gasteiger partial charge in [0.1, 0.15) is 5.82 Å². The van der Waals surface area contributed by atoms with Gasteiger partial charge in [0.2, 0.25) is 5.91 Å². The lowest BCUT2D eigenvalue weighted by molar-refractivity contribution is -0.133. The molecule has 182 valence electrons. The SMILES string of the molecule is Cc1nc(-c2ccc(N(C)C)cc2)cc(C2CN3CCC2CC3CNC(=O)CSCC(=O)O)n1. The highest BCUT2D eigenvalue weighted by Gasteiger charge is 2.41. The number of rotatable bonds is 9. The second kappa shape index (κ2) is 10.7. The Morgan fingerprint density at radius 2 is 1.97 bits per heavy atom. The summed E-state index contributed by atoms with van der Waals surface area (Å²) in [6, 6.07) is 10.9. The van der Waals surface area contributed by atoms with Gasteiger partial charge < -0.3 is 15.3 Å². The minimum absolute atomic E-state index is 0.0487. The van der Waals surface area contributed by atoms with Gasteiger partial charge in [0.05, 0.1) is 17.2 Å². The van der Waals surface area contributed by atoms with Crippen LogP contribution in [0.25, 0.3) is 11.3 Å². The number of aromatic nitrogens is 2. The summed E-state index contributed by atoms with van der Waals surface area (Å²) in [4.78, 5) is 36.8. The van der Waals surface area contributed by atoms with E-state index in [4.69, 9.17) is 15.1 Å². The summed E-state index contributed by atoms with van der Waals surface area (Å²) in [5, 5.41) is 11.7. The van der Waals surface area contributed by atoms with Gasteiger partial charge in [-0.05, 0) is 50.4 Å². The molecule has 0 aliphatic carbocycles. The maximum absolute atomic E-state index is 12.1. The molecule has 3 aliphatic rings. The number of carbonyl (C=O) groups is 2. The van der Waals surface area contributed by atoms with E-state index in [0.717, 1.165) is 66.2 Å². The van der Waals surface area contributed by atoms with E-state index in [1.54, 1.807) is 0 Å². The van der Waals surface area contributed by atoms with Crippen molar-refractivity contribution in [3.8, 4) is 11.3 Å². The van der Waals surface area contributed by atoms with Crippen molar-refractivity contribution < 1.29 is 14.7 Å². The summed E-state index contributed by atoms with van der Waals surface area (Å²) in [5.41, 5.74) is 4.33. The number of hydrogen-bond acceptors (Lipinski definition) is 7. The number of aliphatic carboxylic acids is 1. The van der Waals surface area contributed by atoms with Crippen molar-refractivity contribution in [2.45, 2.75) is 31.7 Å². The lowest BCUT2D eigenvalue weighted by Gasteiger charge is -2.49. The minimum Gasteiger partial charge on any atom is -0.481 e. The van der Waals surface area contributed by atoms with E-state index in [9.17, 15) is 9.59 Å². The first kappa shape index (κ1) is 24.5. The van der Waals surface area contributed by atoms with E-state index in [0.29, 0.717) is 24.4 Å². The molecule has 34 heavy (non-hydrogen) atoms. The van der Waals surface area contributed by atoms with Crippen molar-refractivity contribution in [1.29, 1.82) is 0 Å². The molecule has 5 rings (SSSR count). The van der Waals surface area contributed by atoms with Crippen LogP contribution in [0.15, 0.2) is 30.3 Å². The molecule has 9 heteroatoms. The number of aryl methyl sites for hydroxylation is 1. The van der Waals surface area contributed by atoms with Gasteiger partial charge in [-0.15, -0.1) is 11.8 Å². The van der Waals surface area contributed by atoms with Crippen molar-refractivity contribution in [3.63, 3.8) is 0 Å². The van der Waals surface area contributed by atoms with Crippen LogP contribution in [-0.4, -0.2) is 83.1 Å². The number of piperidine rings is 3. The van der Waals surface area contributed by atoms with Crippen LogP contribution >= 0.6 is 11.8 Å². The molecule has 3 fully saturated rings. The van der Waals surface area contributed by atoms with Crippen LogP contribution < -0.4 is 10.2 Å². The summed E-state index contributed by atoms with van der Waals surface area (Å²) in [6.07, 6.45) is 2.17. The maximum Gasteiger partial charge on any atom is 0.313 e. The monoisotopic (exact) mass is 483 g/mol. The molecule has 0 radical (unpaired) electrons. The fourth-order valence-electron chi connectivity index (χ4n) is 5.06. The van der Waals surface area contributed by atoms with E-state index >= 15 is 0 Å². The van der Waals surface area contributed by atoms with E-state index in [-0.39, 0.29) is 17.4 Å². The first-order valence-corrected chi connectivity index (χ1v) is 12.9. The molecule has 0 spiro atoms. The molecule has 2 bridgehead atoms. The highest BCUT2D eigenvalue weighted by Crippen LogP contribution is 2.41. The van der Waals surface area contributed by atoms with E-state index < -0.39 is 5.97 Å². The second-order valence-electron chi connectivity index (χ2n) is 9.40. The number of carboxylic acid groups (broad SMARTS) is 1. The number of carbonyl (C=O) groups excluding carboxylic acids is 1. The molecule has 2 N–H and O–H groups in total. The molecule has 4 unspecified atom stereocenters. The smallest absolute Gasteiger partial charge is 0.313 e. The van der Waals surface area contributed by atoms with Crippen LogP contribution in [0.5, 0.6) is 0 Å². The fourth-order valence-corrected chi connectivity index (χ4v) is 5.62. The number of benzene rings is 1. The number of amides is 1. The molecule has 1 aromatic heterocycles. The van der Waals surface area contributed by atoms with Crippen molar-refractivity contribution in [1.82, 2.24) is 20.2 Å². The predicted molar refractivity (Wildman–Crippen MR) is 135 cm³/mol. The molecule has 0 saturated carbocycles. The minimum atomic E-state index is -0.895. The number of nitrogens with zero attached hydrogens (tertiary/aromatic N) is 4. The summed E-state index contributed by atoms with van der Waals surface area (Å²) in [6.45, 7) is 4.55. The largest absolute Gasteiger partial charge is 0.481 e. The summed E-state index contributed by atoms with van der Waals surface area (Å²) < 4.78 is 0. The second-order valence-corrected chi connectivity index (χ2v) is 10.4. The van der Waals surface area contributed by atoms with Gasteiger partial charge in [-0.1, -0.05) is 12.1 Å². The molecular weight excluding hydrogens is 450 g/mol. The normalized spacial score (nSPS) is 23.5. The summed E-state index contributed by atoms with van der Waals surface area (Å²) in [5.74, 6) is 0.842. The maximum atomic E-state index is 12.1. The predicted octanol–water partition coefficient (Wildman–Crippen LogP) is 2.63. The Labute approximate surface area is 205 Å². The Morgan fingerprint density at radius 1 is 1.21 bits per heavy atom. The molecule has 2 aromatic rings. The Morgan fingerprint density at radius 3 is 2.62 bits per heavy atom. The summed E-state index contributed by atoms with van der Waals surface area (Å²) in [7, 11) is 4.07. The zero-order chi connectivity index (χ0) is 24.2. The first-order chi connectivity index (χ1) is 16.3. The average Bonchev–Trinajstić information content (AvgIpc) is 2.82. The molecular formula is C25H33N5O3S. The lowest BCUT2D eigenvalue weighted by atomic mass is 9.74. The van der Waals surface area contributed by atoms with Gasteiger partial charge in [-0.3, -0.25) is 14.5 Å². The zero-order valence-electron chi connectivity index (χ0n) is 20.0. The van der Waals surface area contributed by atoms with Gasteiger partial charge >= 0.3 is 5.97 Å². The van der Waals surface area contributed by atoms with Crippen molar-refractivity contribution >= 4 is 29.3 Å². The number of anilines is 1. The van der Waals surface area contributed by atoms with Gasteiger partial charge in [0.25, 0.3) is 0 Å². The first-order valence-electron chi connectivity index (χ1n) is 11.7. The highest BCUT2D eigenvalue weighted by molar-refractivity contribution is 8.00. The molecule has 4 heterocycles. The van der Waals surface area contributed by atoms with Crippen LogP contribution in [0.1, 0.15) is 30.3 Å². The van der Waals surface area contributed by atoms with E-state index in [1.807, 2.05) is 21.0 Å². The average molecular weight is 484 g/mol. The number of nitrogens with one attached hydrogen (secondary N) is 1.